The molecule has 0 aliphatic heterocycles. The van der Waals surface area contributed by atoms with E-state index in [-0.39, 0.29) is 18.6 Å². The molecule has 0 bridgehead atoms. The first kappa shape index (κ1) is 17.9. The molecule has 128 valence electrons. The molecule has 0 radical (unpaired) electrons. The van der Waals surface area contributed by atoms with E-state index in [4.69, 9.17) is 9.47 Å². The van der Waals surface area contributed by atoms with Crippen molar-refractivity contribution in [3.8, 4) is 11.5 Å². The van der Waals surface area contributed by atoms with Gasteiger partial charge in [-0.3, -0.25) is 4.79 Å². The molecule has 1 amide bonds. The molecule has 2 aromatic carbocycles. The average Bonchev–Trinajstić information content (AvgIpc) is 2.59. The molecule has 0 saturated carbocycles. The number of carbonyl (C=O) groups is 1. The summed E-state index contributed by atoms with van der Waals surface area (Å²) in [5.41, 5.74) is 3.03. The highest BCUT2D eigenvalue weighted by Gasteiger charge is 2.17. The first-order valence-corrected chi connectivity index (χ1v) is 8.18. The molecule has 1 unspecified atom stereocenters. The molecule has 0 aliphatic rings. The number of rotatable bonds is 7. The standard InChI is InChI=1S/C20H25NO3/c1-5-17(16-11-6-7-12-18(16)23-4)21-19(22)13-24-20-14(2)9-8-10-15(20)3/h6-12,17H,5,13H2,1-4H3,(H,21,22). The van der Waals surface area contributed by atoms with Crippen LogP contribution in [0.1, 0.15) is 36.1 Å². The Balaban J connectivity index is 2.02. The Morgan fingerprint density at radius 1 is 1.08 bits per heavy atom. The maximum absolute atomic E-state index is 12.3. The number of hydrogen-bond acceptors (Lipinski definition) is 3. The summed E-state index contributed by atoms with van der Waals surface area (Å²) in [6.45, 7) is 5.98. The summed E-state index contributed by atoms with van der Waals surface area (Å²) in [5, 5.41) is 3.02. The molecule has 4 heteroatoms. The van der Waals surface area contributed by atoms with Gasteiger partial charge in [-0.25, -0.2) is 0 Å². The number of carbonyl (C=O) groups excluding carboxylic acids is 1. The van der Waals surface area contributed by atoms with Gasteiger partial charge in [0.05, 0.1) is 13.2 Å². The number of amides is 1. The van der Waals surface area contributed by atoms with E-state index < -0.39 is 0 Å². The van der Waals surface area contributed by atoms with Crippen LogP contribution in [0.5, 0.6) is 11.5 Å². The van der Waals surface area contributed by atoms with Crippen molar-refractivity contribution < 1.29 is 14.3 Å². The van der Waals surface area contributed by atoms with Gasteiger partial charge in [-0.1, -0.05) is 43.3 Å². The minimum absolute atomic E-state index is 0.00264. The van der Waals surface area contributed by atoms with Crippen molar-refractivity contribution in [1.29, 1.82) is 0 Å². The van der Waals surface area contributed by atoms with Crippen LogP contribution in [0.2, 0.25) is 0 Å². The molecule has 0 aliphatic carbocycles. The van der Waals surface area contributed by atoms with Crippen molar-refractivity contribution in [2.75, 3.05) is 13.7 Å². The first-order chi connectivity index (χ1) is 11.6. The van der Waals surface area contributed by atoms with Crippen molar-refractivity contribution >= 4 is 5.91 Å². The minimum Gasteiger partial charge on any atom is -0.496 e. The Labute approximate surface area is 143 Å². The maximum Gasteiger partial charge on any atom is 0.258 e. The summed E-state index contributed by atoms with van der Waals surface area (Å²) in [5.74, 6) is 1.41. The molecule has 0 saturated heterocycles. The summed E-state index contributed by atoms with van der Waals surface area (Å²) >= 11 is 0. The van der Waals surface area contributed by atoms with Gasteiger partial charge >= 0.3 is 0 Å². The molecule has 2 aromatic rings. The van der Waals surface area contributed by atoms with Gasteiger partial charge in [-0.15, -0.1) is 0 Å². The summed E-state index contributed by atoms with van der Waals surface area (Å²) in [4.78, 5) is 12.3. The summed E-state index contributed by atoms with van der Waals surface area (Å²) in [6, 6.07) is 13.6. The second-order valence-electron chi connectivity index (χ2n) is 5.78. The van der Waals surface area contributed by atoms with Gasteiger partial charge in [0.15, 0.2) is 6.61 Å². The van der Waals surface area contributed by atoms with Gasteiger partial charge in [0.2, 0.25) is 0 Å². The van der Waals surface area contributed by atoms with Gasteiger partial charge in [0.1, 0.15) is 11.5 Å². The fourth-order valence-corrected chi connectivity index (χ4v) is 2.75. The van der Waals surface area contributed by atoms with E-state index in [9.17, 15) is 4.79 Å². The number of nitrogens with one attached hydrogen (secondary N) is 1. The van der Waals surface area contributed by atoms with E-state index in [0.717, 1.165) is 34.6 Å². The minimum atomic E-state index is -0.143. The average molecular weight is 327 g/mol. The van der Waals surface area contributed by atoms with Gasteiger partial charge in [0.25, 0.3) is 5.91 Å². The van der Waals surface area contributed by atoms with E-state index in [1.807, 2.05) is 63.2 Å². The van der Waals surface area contributed by atoms with Crippen LogP contribution in [0.15, 0.2) is 42.5 Å². The molecular formula is C20H25NO3. The van der Waals surface area contributed by atoms with Crippen LogP contribution in [-0.4, -0.2) is 19.6 Å². The van der Waals surface area contributed by atoms with Crippen LogP contribution in [0.3, 0.4) is 0 Å². The smallest absolute Gasteiger partial charge is 0.258 e. The number of hydrogen-bond donors (Lipinski definition) is 1. The van der Waals surface area contributed by atoms with Gasteiger partial charge in [-0.05, 0) is 37.5 Å². The zero-order valence-corrected chi connectivity index (χ0v) is 14.8. The highest BCUT2D eigenvalue weighted by molar-refractivity contribution is 5.78. The van der Waals surface area contributed by atoms with Crippen LogP contribution >= 0.6 is 0 Å². The third-order valence-electron chi connectivity index (χ3n) is 4.01. The van der Waals surface area contributed by atoms with Crippen LogP contribution in [0.4, 0.5) is 0 Å². The van der Waals surface area contributed by atoms with Crippen LogP contribution < -0.4 is 14.8 Å². The predicted molar refractivity (Wildman–Crippen MR) is 95.6 cm³/mol. The monoisotopic (exact) mass is 327 g/mol. The fourth-order valence-electron chi connectivity index (χ4n) is 2.75. The Hall–Kier alpha value is -2.49. The third kappa shape index (κ3) is 4.28. The van der Waals surface area contributed by atoms with Gasteiger partial charge < -0.3 is 14.8 Å². The lowest BCUT2D eigenvalue weighted by atomic mass is 10.0. The van der Waals surface area contributed by atoms with E-state index >= 15 is 0 Å². The Morgan fingerprint density at radius 2 is 1.75 bits per heavy atom. The first-order valence-electron chi connectivity index (χ1n) is 8.18. The van der Waals surface area contributed by atoms with Crippen LogP contribution in [0, 0.1) is 13.8 Å². The molecule has 2 rings (SSSR count). The largest absolute Gasteiger partial charge is 0.496 e. The molecule has 0 spiro atoms. The number of para-hydroxylation sites is 2. The quantitative estimate of drug-likeness (QED) is 0.837. The van der Waals surface area contributed by atoms with E-state index in [2.05, 4.69) is 5.32 Å². The van der Waals surface area contributed by atoms with Crippen molar-refractivity contribution in [3.63, 3.8) is 0 Å². The van der Waals surface area contributed by atoms with Gasteiger partial charge in [0, 0.05) is 5.56 Å². The third-order valence-corrected chi connectivity index (χ3v) is 4.01. The van der Waals surface area contributed by atoms with E-state index in [1.165, 1.54) is 0 Å². The normalized spacial score (nSPS) is 11.7. The summed E-state index contributed by atoms with van der Waals surface area (Å²) < 4.78 is 11.1. The summed E-state index contributed by atoms with van der Waals surface area (Å²) in [6.07, 6.45) is 0.773. The molecule has 0 heterocycles. The zero-order chi connectivity index (χ0) is 17.5. The molecule has 1 N–H and O–H groups in total. The maximum atomic E-state index is 12.3. The van der Waals surface area contributed by atoms with Crippen molar-refractivity contribution in [2.24, 2.45) is 0 Å². The number of methoxy groups -OCH3 is 1. The number of ether oxygens (including phenoxy) is 2. The molecule has 24 heavy (non-hydrogen) atoms. The van der Waals surface area contributed by atoms with E-state index in [0.29, 0.717) is 0 Å². The highest BCUT2D eigenvalue weighted by atomic mass is 16.5. The van der Waals surface area contributed by atoms with Crippen LogP contribution in [0.25, 0.3) is 0 Å². The lowest BCUT2D eigenvalue weighted by molar-refractivity contribution is -0.123. The SMILES string of the molecule is CCC(NC(=O)COc1c(C)cccc1C)c1ccccc1OC. The second kappa shape index (κ2) is 8.39. The van der Waals surface area contributed by atoms with E-state index in [1.54, 1.807) is 7.11 Å². The molecule has 4 nitrogen and oxygen atoms in total. The van der Waals surface area contributed by atoms with Crippen molar-refractivity contribution in [2.45, 2.75) is 33.2 Å². The molecular weight excluding hydrogens is 302 g/mol. The Bertz CT molecular complexity index is 677. The highest BCUT2D eigenvalue weighted by Crippen LogP contribution is 2.27. The van der Waals surface area contributed by atoms with Crippen LogP contribution in [-0.2, 0) is 4.79 Å². The lowest BCUT2D eigenvalue weighted by Gasteiger charge is -2.20. The lowest BCUT2D eigenvalue weighted by Crippen LogP contribution is -2.32. The van der Waals surface area contributed by atoms with Crippen molar-refractivity contribution in [1.82, 2.24) is 5.32 Å². The number of benzene rings is 2. The second-order valence-corrected chi connectivity index (χ2v) is 5.78. The topological polar surface area (TPSA) is 47.6 Å². The number of aryl methyl sites for hydroxylation is 2. The molecule has 0 fully saturated rings. The fraction of sp³-hybridized carbons (Fsp3) is 0.350. The Kier molecular flexibility index (Phi) is 6.24. The van der Waals surface area contributed by atoms with Gasteiger partial charge in [-0.2, -0.15) is 0 Å². The Morgan fingerprint density at radius 3 is 2.38 bits per heavy atom. The molecule has 0 aromatic heterocycles. The molecule has 1 atom stereocenters. The zero-order valence-electron chi connectivity index (χ0n) is 14.8. The predicted octanol–water partition coefficient (Wildman–Crippen LogP) is 3.96. The van der Waals surface area contributed by atoms with Crippen molar-refractivity contribution in [3.05, 3.63) is 59.2 Å². The summed E-state index contributed by atoms with van der Waals surface area (Å²) in [7, 11) is 1.64.